The molecule has 0 fully saturated rings. The standard InChI is InChI=1S/C10H6O3S/c11-5-6-2-1-3-8-7(6)4-9(14-8)10(12)13/h1-5H,(H,12,13). The Morgan fingerprint density at radius 3 is 2.86 bits per heavy atom. The molecule has 0 radical (unpaired) electrons. The lowest BCUT2D eigenvalue weighted by molar-refractivity contribution is 0.0702. The lowest BCUT2D eigenvalue weighted by Crippen LogP contribution is -1.89. The fraction of sp³-hybridized carbons (Fsp3) is 0. The molecular weight excluding hydrogens is 200 g/mol. The molecule has 2 aromatic rings. The molecule has 0 amide bonds. The average molecular weight is 206 g/mol. The molecule has 1 aromatic carbocycles. The summed E-state index contributed by atoms with van der Waals surface area (Å²) in [7, 11) is 0. The van der Waals surface area contributed by atoms with Crippen LogP contribution >= 0.6 is 11.3 Å². The highest BCUT2D eigenvalue weighted by molar-refractivity contribution is 7.20. The van der Waals surface area contributed by atoms with E-state index in [9.17, 15) is 9.59 Å². The molecule has 0 aliphatic carbocycles. The van der Waals surface area contributed by atoms with E-state index in [1.165, 1.54) is 17.4 Å². The summed E-state index contributed by atoms with van der Waals surface area (Å²) < 4.78 is 0.826. The summed E-state index contributed by atoms with van der Waals surface area (Å²) in [6, 6.07) is 6.76. The molecule has 0 aliphatic heterocycles. The number of hydrogen-bond acceptors (Lipinski definition) is 3. The molecule has 1 heterocycles. The van der Waals surface area contributed by atoms with Crippen LogP contribution < -0.4 is 0 Å². The van der Waals surface area contributed by atoms with Crippen molar-refractivity contribution in [1.29, 1.82) is 0 Å². The number of carbonyl (C=O) groups is 2. The highest BCUT2D eigenvalue weighted by Gasteiger charge is 2.09. The molecule has 0 saturated carbocycles. The van der Waals surface area contributed by atoms with E-state index in [1.54, 1.807) is 18.2 Å². The van der Waals surface area contributed by atoms with Gasteiger partial charge in [-0.2, -0.15) is 0 Å². The number of benzene rings is 1. The van der Waals surface area contributed by atoms with Gasteiger partial charge in [0.15, 0.2) is 6.29 Å². The molecule has 70 valence electrons. The molecule has 1 N–H and O–H groups in total. The average Bonchev–Trinajstić information content (AvgIpc) is 2.60. The van der Waals surface area contributed by atoms with Crippen molar-refractivity contribution < 1.29 is 14.7 Å². The molecular formula is C10H6O3S. The molecule has 0 atom stereocenters. The van der Waals surface area contributed by atoms with Crippen molar-refractivity contribution >= 4 is 33.7 Å². The van der Waals surface area contributed by atoms with Crippen molar-refractivity contribution in [3.63, 3.8) is 0 Å². The Morgan fingerprint density at radius 1 is 1.43 bits per heavy atom. The van der Waals surface area contributed by atoms with E-state index in [-0.39, 0.29) is 4.88 Å². The fourth-order valence-electron chi connectivity index (χ4n) is 1.29. The first-order chi connectivity index (χ1) is 6.72. The summed E-state index contributed by atoms with van der Waals surface area (Å²) in [5.41, 5.74) is 0.534. The highest BCUT2D eigenvalue weighted by Crippen LogP contribution is 2.27. The molecule has 3 nitrogen and oxygen atoms in total. The van der Waals surface area contributed by atoms with E-state index in [1.807, 2.05) is 0 Å². The molecule has 14 heavy (non-hydrogen) atoms. The third-order valence-corrected chi connectivity index (χ3v) is 3.02. The predicted molar refractivity (Wildman–Crippen MR) is 54.2 cm³/mol. The zero-order valence-corrected chi connectivity index (χ0v) is 7.88. The molecule has 4 heteroatoms. The predicted octanol–water partition coefficient (Wildman–Crippen LogP) is 2.41. The van der Waals surface area contributed by atoms with Gasteiger partial charge in [0.05, 0.1) is 0 Å². The van der Waals surface area contributed by atoms with Crippen molar-refractivity contribution in [3.8, 4) is 0 Å². The minimum Gasteiger partial charge on any atom is -0.477 e. The topological polar surface area (TPSA) is 54.4 Å². The van der Waals surface area contributed by atoms with Crippen molar-refractivity contribution in [2.45, 2.75) is 0 Å². The largest absolute Gasteiger partial charge is 0.477 e. The first kappa shape index (κ1) is 8.90. The van der Waals surface area contributed by atoms with E-state index >= 15 is 0 Å². The summed E-state index contributed by atoms with van der Waals surface area (Å²) in [5.74, 6) is -0.956. The number of thiophene rings is 1. The second-order valence-corrected chi connectivity index (χ2v) is 3.88. The van der Waals surface area contributed by atoms with Crippen LogP contribution in [0.1, 0.15) is 20.0 Å². The number of hydrogen-bond donors (Lipinski definition) is 1. The van der Waals surface area contributed by atoms with Crippen LogP contribution in [0.2, 0.25) is 0 Å². The second-order valence-electron chi connectivity index (χ2n) is 2.79. The van der Waals surface area contributed by atoms with Gasteiger partial charge in [0, 0.05) is 15.6 Å². The van der Waals surface area contributed by atoms with E-state index in [4.69, 9.17) is 5.11 Å². The van der Waals surface area contributed by atoms with Crippen LogP contribution in [-0.2, 0) is 0 Å². The molecule has 0 unspecified atom stereocenters. The van der Waals surface area contributed by atoms with E-state index in [0.29, 0.717) is 10.9 Å². The number of aldehydes is 1. The van der Waals surface area contributed by atoms with Gasteiger partial charge < -0.3 is 5.11 Å². The summed E-state index contributed by atoms with van der Waals surface area (Å²) >= 11 is 1.18. The van der Waals surface area contributed by atoms with Crippen LogP contribution in [0.3, 0.4) is 0 Å². The summed E-state index contributed by atoms with van der Waals surface area (Å²) in [6.07, 6.45) is 0.737. The molecule has 1 aromatic heterocycles. The van der Waals surface area contributed by atoms with Gasteiger partial charge in [0.1, 0.15) is 4.88 Å². The Kier molecular flexibility index (Phi) is 2.05. The maximum Gasteiger partial charge on any atom is 0.345 e. The summed E-state index contributed by atoms with van der Waals surface area (Å²) in [6.45, 7) is 0. The minimum absolute atomic E-state index is 0.259. The smallest absolute Gasteiger partial charge is 0.345 e. The normalized spacial score (nSPS) is 10.3. The number of carboxylic acids is 1. The molecule has 0 bridgehead atoms. The number of carboxylic acid groups (broad SMARTS) is 1. The Morgan fingerprint density at radius 2 is 2.21 bits per heavy atom. The molecule has 0 saturated heterocycles. The van der Waals surface area contributed by atoms with Crippen LogP contribution in [0.5, 0.6) is 0 Å². The highest BCUT2D eigenvalue weighted by atomic mass is 32.1. The van der Waals surface area contributed by atoms with Gasteiger partial charge in [0.2, 0.25) is 0 Å². The molecule has 0 aliphatic rings. The van der Waals surface area contributed by atoms with E-state index < -0.39 is 5.97 Å². The maximum atomic E-state index is 10.7. The van der Waals surface area contributed by atoms with Crippen LogP contribution in [0.25, 0.3) is 10.1 Å². The van der Waals surface area contributed by atoms with E-state index in [0.717, 1.165) is 11.0 Å². The van der Waals surface area contributed by atoms with Crippen LogP contribution in [0, 0.1) is 0 Å². The SMILES string of the molecule is O=Cc1cccc2sc(C(=O)O)cc12. The Balaban J connectivity index is 2.76. The maximum absolute atomic E-state index is 10.7. The fourth-order valence-corrected chi connectivity index (χ4v) is 2.23. The minimum atomic E-state index is -0.956. The van der Waals surface area contributed by atoms with Gasteiger partial charge in [0.25, 0.3) is 0 Å². The lowest BCUT2D eigenvalue weighted by atomic mass is 10.1. The van der Waals surface area contributed by atoms with Crippen LogP contribution in [0.4, 0.5) is 0 Å². The van der Waals surface area contributed by atoms with Gasteiger partial charge in [-0.05, 0) is 12.1 Å². The number of aromatic carboxylic acids is 1. The zero-order valence-electron chi connectivity index (χ0n) is 7.06. The van der Waals surface area contributed by atoms with Crippen molar-refractivity contribution in [1.82, 2.24) is 0 Å². The molecule has 2 rings (SSSR count). The van der Waals surface area contributed by atoms with Gasteiger partial charge >= 0.3 is 5.97 Å². The van der Waals surface area contributed by atoms with Crippen LogP contribution in [-0.4, -0.2) is 17.4 Å². The number of fused-ring (bicyclic) bond motifs is 1. The number of rotatable bonds is 2. The first-order valence-corrected chi connectivity index (χ1v) is 4.75. The Hall–Kier alpha value is -1.68. The number of carbonyl (C=O) groups excluding carboxylic acids is 1. The quantitative estimate of drug-likeness (QED) is 0.767. The third kappa shape index (κ3) is 1.29. The Bertz CT molecular complexity index is 513. The molecule has 0 spiro atoms. The van der Waals surface area contributed by atoms with Gasteiger partial charge in [-0.25, -0.2) is 4.79 Å². The monoisotopic (exact) mass is 206 g/mol. The Labute approximate surface area is 83.6 Å². The summed E-state index contributed by atoms with van der Waals surface area (Å²) in [4.78, 5) is 21.6. The van der Waals surface area contributed by atoms with Gasteiger partial charge in [-0.15, -0.1) is 11.3 Å². The summed E-state index contributed by atoms with van der Waals surface area (Å²) in [5, 5.41) is 9.48. The first-order valence-electron chi connectivity index (χ1n) is 3.93. The van der Waals surface area contributed by atoms with Gasteiger partial charge in [-0.3, -0.25) is 4.79 Å². The second kappa shape index (κ2) is 3.23. The lowest BCUT2D eigenvalue weighted by Gasteiger charge is -1.90. The third-order valence-electron chi connectivity index (χ3n) is 1.93. The van der Waals surface area contributed by atoms with Crippen molar-refractivity contribution in [2.75, 3.05) is 0 Å². The van der Waals surface area contributed by atoms with Crippen molar-refractivity contribution in [2.24, 2.45) is 0 Å². The van der Waals surface area contributed by atoms with Crippen LogP contribution in [0.15, 0.2) is 24.3 Å². The zero-order chi connectivity index (χ0) is 10.1. The van der Waals surface area contributed by atoms with Gasteiger partial charge in [-0.1, -0.05) is 12.1 Å². The van der Waals surface area contributed by atoms with Crippen molar-refractivity contribution in [3.05, 3.63) is 34.7 Å². The van der Waals surface area contributed by atoms with E-state index in [2.05, 4.69) is 0 Å².